The molecule has 1 heterocycles. The van der Waals surface area contributed by atoms with Crippen molar-refractivity contribution in [1.29, 1.82) is 0 Å². The highest BCUT2D eigenvalue weighted by Crippen LogP contribution is 2.52. The van der Waals surface area contributed by atoms with Crippen LogP contribution in [0.15, 0.2) is 61.7 Å². The predicted molar refractivity (Wildman–Crippen MR) is 168 cm³/mol. The van der Waals surface area contributed by atoms with Crippen LogP contribution < -0.4 is 14.4 Å². The third-order valence-electron chi connectivity index (χ3n) is 9.69. The molecule has 1 spiro atoms. The smallest absolute Gasteiger partial charge is 0.264 e. The Bertz CT molecular complexity index is 1480. The summed E-state index contributed by atoms with van der Waals surface area (Å²) in [5.74, 6) is 0.00211. The number of nitrogens with one attached hydrogen (secondary N) is 1. The second kappa shape index (κ2) is 12.1. The number of rotatable bonds is 10. The van der Waals surface area contributed by atoms with Gasteiger partial charge in [-0.2, -0.15) is 0 Å². The normalized spacial score (nSPS) is 25.7. The summed E-state index contributed by atoms with van der Waals surface area (Å²) in [5.41, 5.74) is 2.96. The molecule has 0 saturated heterocycles. The van der Waals surface area contributed by atoms with Crippen LogP contribution in [-0.4, -0.2) is 51.0 Å². The molecule has 42 heavy (non-hydrogen) atoms. The fourth-order valence-electron chi connectivity index (χ4n) is 6.98. The van der Waals surface area contributed by atoms with E-state index in [9.17, 15) is 18.3 Å². The number of aliphatic hydroxyl groups is 1. The van der Waals surface area contributed by atoms with Crippen LogP contribution in [0.25, 0.3) is 0 Å². The van der Waals surface area contributed by atoms with Crippen molar-refractivity contribution in [3.05, 3.63) is 83.4 Å². The molecule has 9 heteroatoms. The first-order valence-corrected chi connectivity index (χ1v) is 16.8. The van der Waals surface area contributed by atoms with E-state index in [1.54, 1.807) is 24.3 Å². The van der Waals surface area contributed by atoms with E-state index in [2.05, 4.69) is 41.8 Å². The van der Waals surface area contributed by atoms with Crippen molar-refractivity contribution in [2.24, 2.45) is 11.3 Å². The lowest BCUT2D eigenvalue weighted by Gasteiger charge is -2.52. The average Bonchev–Trinajstić information content (AvgIpc) is 3.10. The SMILES string of the molecule is C=CCCS(=O)(=O)NC(=O)c1ccc2c(c1)N(C[C@@H]1CC[C@]1(C)[C@@H](O)CC=C)CC1(CCCc3cc(Cl)ccc31)CO2. The largest absolute Gasteiger partial charge is 0.490 e. The van der Waals surface area contributed by atoms with Gasteiger partial charge in [-0.25, -0.2) is 13.1 Å². The van der Waals surface area contributed by atoms with Crippen molar-refractivity contribution < 1.29 is 23.1 Å². The van der Waals surface area contributed by atoms with Gasteiger partial charge in [-0.15, -0.1) is 13.2 Å². The number of benzene rings is 2. The maximum Gasteiger partial charge on any atom is 0.264 e. The number of halogens is 1. The minimum Gasteiger partial charge on any atom is -0.490 e. The topological polar surface area (TPSA) is 95.9 Å². The molecule has 0 bridgehead atoms. The Morgan fingerprint density at radius 1 is 1.24 bits per heavy atom. The van der Waals surface area contributed by atoms with Crippen LogP contribution in [0.2, 0.25) is 5.02 Å². The number of amides is 1. The number of aryl methyl sites for hydroxylation is 1. The molecule has 5 rings (SSSR count). The standard InChI is InChI=1S/C33H41ClN2O5S/c1-4-6-17-42(39,40)35-31(38)24-10-13-29-28(19-24)36(20-25-14-16-32(25,3)30(37)8-5-2)21-33(22-41-29)15-7-9-23-18-26(34)11-12-27(23)33/h4-5,10-13,18-19,25,30,37H,1-2,6-9,14-17,20-22H2,3H3,(H,35,38)/t25-,30-,32-,33?/m0/s1. The molecule has 0 aromatic heterocycles. The average molecular weight is 613 g/mol. The molecule has 1 unspecified atom stereocenters. The molecular formula is C33H41ClN2O5S. The molecule has 2 N–H and O–H groups in total. The van der Waals surface area contributed by atoms with Crippen LogP contribution in [-0.2, 0) is 21.9 Å². The molecule has 0 radical (unpaired) electrons. The van der Waals surface area contributed by atoms with Crippen molar-refractivity contribution in [1.82, 2.24) is 4.72 Å². The Balaban J connectivity index is 1.52. The highest BCUT2D eigenvalue weighted by atomic mass is 35.5. The zero-order valence-electron chi connectivity index (χ0n) is 24.3. The molecule has 3 aliphatic rings. The van der Waals surface area contributed by atoms with Gasteiger partial charge < -0.3 is 14.7 Å². The van der Waals surface area contributed by atoms with Gasteiger partial charge in [0.1, 0.15) is 5.75 Å². The summed E-state index contributed by atoms with van der Waals surface area (Å²) in [6.45, 7) is 11.4. The van der Waals surface area contributed by atoms with Crippen LogP contribution in [0.5, 0.6) is 5.75 Å². The van der Waals surface area contributed by atoms with Gasteiger partial charge in [0.05, 0.1) is 24.2 Å². The number of allylic oxidation sites excluding steroid dienone is 1. The lowest BCUT2D eigenvalue weighted by molar-refractivity contribution is -0.0695. The zero-order chi connectivity index (χ0) is 30.1. The van der Waals surface area contributed by atoms with E-state index >= 15 is 0 Å². The molecular weight excluding hydrogens is 572 g/mol. The number of hydrogen-bond donors (Lipinski definition) is 2. The van der Waals surface area contributed by atoms with Crippen LogP contribution >= 0.6 is 11.6 Å². The van der Waals surface area contributed by atoms with Crippen molar-refractivity contribution in [2.75, 3.05) is 30.3 Å². The maximum absolute atomic E-state index is 13.1. The zero-order valence-corrected chi connectivity index (χ0v) is 25.9. The number of hydrogen-bond acceptors (Lipinski definition) is 6. The minimum atomic E-state index is -3.80. The number of sulfonamides is 1. The van der Waals surface area contributed by atoms with Gasteiger partial charge >= 0.3 is 0 Å². The fraction of sp³-hybridized carbons (Fsp3) is 0.485. The minimum absolute atomic E-state index is 0.207. The van der Waals surface area contributed by atoms with Crippen molar-refractivity contribution in [3.8, 4) is 5.75 Å². The van der Waals surface area contributed by atoms with E-state index < -0.39 is 22.0 Å². The highest BCUT2D eigenvalue weighted by molar-refractivity contribution is 7.90. The summed E-state index contributed by atoms with van der Waals surface area (Å²) in [5, 5.41) is 11.7. The Morgan fingerprint density at radius 3 is 2.76 bits per heavy atom. The van der Waals surface area contributed by atoms with Crippen molar-refractivity contribution >= 4 is 33.2 Å². The van der Waals surface area contributed by atoms with E-state index in [0.717, 1.165) is 42.8 Å². The highest BCUT2D eigenvalue weighted by Gasteiger charge is 2.49. The second-order valence-electron chi connectivity index (χ2n) is 12.4. The number of ether oxygens (including phenoxy) is 1. The van der Waals surface area contributed by atoms with Crippen LogP contribution in [0, 0.1) is 11.3 Å². The third kappa shape index (κ3) is 5.99. The molecule has 1 amide bonds. The number of nitrogens with zero attached hydrogens (tertiary/aromatic N) is 1. The predicted octanol–water partition coefficient (Wildman–Crippen LogP) is 5.80. The molecule has 1 aliphatic heterocycles. The summed E-state index contributed by atoms with van der Waals surface area (Å²) in [4.78, 5) is 15.4. The van der Waals surface area contributed by atoms with Crippen molar-refractivity contribution in [3.63, 3.8) is 0 Å². The second-order valence-corrected chi connectivity index (χ2v) is 14.7. The summed E-state index contributed by atoms with van der Waals surface area (Å²) >= 11 is 6.38. The Morgan fingerprint density at radius 2 is 2.05 bits per heavy atom. The molecule has 7 nitrogen and oxygen atoms in total. The molecule has 4 atom stereocenters. The summed E-state index contributed by atoms with van der Waals surface area (Å²) in [7, 11) is -3.80. The molecule has 1 fully saturated rings. The van der Waals surface area contributed by atoms with Gasteiger partial charge in [0, 0.05) is 29.1 Å². The number of carbonyl (C=O) groups is 1. The quantitative estimate of drug-likeness (QED) is 0.329. The van der Waals surface area contributed by atoms with Crippen LogP contribution in [0.1, 0.15) is 66.9 Å². The Hall–Kier alpha value is -2.81. The summed E-state index contributed by atoms with van der Waals surface area (Å²) < 4.78 is 33.6. The summed E-state index contributed by atoms with van der Waals surface area (Å²) in [6, 6.07) is 11.3. The fourth-order valence-corrected chi connectivity index (χ4v) is 8.15. The Kier molecular flexibility index (Phi) is 8.80. The van der Waals surface area contributed by atoms with Gasteiger partial charge in [0.15, 0.2) is 0 Å². The molecule has 2 aromatic rings. The first-order chi connectivity index (χ1) is 20.0. The van der Waals surface area contributed by atoms with E-state index in [1.807, 2.05) is 6.07 Å². The lowest BCUT2D eigenvalue weighted by atomic mass is 9.57. The van der Waals surface area contributed by atoms with E-state index in [0.29, 0.717) is 31.9 Å². The van der Waals surface area contributed by atoms with E-state index in [4.69, 9.17) is 16.3 Å². The number of anilines is 1. The van der Waals surface area contributed by atoms with Crippen molar-refractivity contribution in [2.45, 2.75) is 63.4 Å². The molecule has 2 aromatic carbocycles. The van der Waals surface area contributed by atoms with Gasteiger partial charge in [0.2, 0.25) is 10.0 Å². The molecule has 1 saturated carbocycles. The number of carbonyl (C=O) groups excluding carboxylic acids is 1. The lowest BCUT2D eigenvalue weighted by Crippen LogP contribution is -2.53. The molecule has 2 aliphatic carbocycles. The van der Waals surface area contributed by atoms with E-state index in [-0.39, 0.29) is 34.5 Å². The summed E-state index contributed by atoms with van der Waals surface area (Å²) in [6.07, 6.45) is 8.42. The van der Waals surface area contributed by atoms with Crippen LogP contribution in [0.4, 0.5) is 5.69 Å². The number of fused-ring (bicyclic) bond motifs is 3. The molecule has 226 valence electrons. The van der Waals surface area contributed by atoms with Gasteiger partial charge in [-0.3, -0.25) is 4.79 Å². The first kappa shape index (κ1) is 30.6. The monoisotopic (exact) mass is 612 g/mol. The van der Waals surface area contributed by atoms with Gasteiger partial charge in [0.25, 0.3) is 5.91 Å². The first-order valence-electron chi connectivity index (χ1n) is 14.8. The maximum atomic E-state index is 13.1. The van der Waals surface area contributed by atoms with Crippen LogP contribution in [0.3, 0.4) is 0 Å². The van der Waals surface area contributed by atoms with Gasteiger partial charge in [-0.05, 0) is 97.7 Å². The van der Waals surface area contributed by atoms with Gasteiger partial charge in [-0.1, -0.05) is 36.7 Å². The third-order valence-corrected chi connectivity index (χ3v) is 11.2. The number of aliphatic hydroxyl groups excluding tert-OH is 1. The Labute approximate surface area is 254 Å². The van der Waals surface area contributed by atoms with E-state index in [1.165, 1.54) is 17.2 Å².